The van der Waals surface area contributed by atoms with Crippen molar-refractivity contribution in [2.75, 3.05) is 0 Å². The third-order valence-electron chi connectivity index (χ3n) is 3.34. The summed E-state index contributed by atoms with van der Waals surface area (Å²) in [6.07, 6.45) is 2.35. The molecule has 2 nitrogen and oxygen atoms in total. The van der Waals surface area contributed by atoms with Gasteiger partial charge in [-0.05, 0) is 43.2 Å². The number of aliphatic hydroxyl groups excluding tert-OH is 1. The Kier molecular flexibility index (Phi) is 6.33. The highest BCUT2D eigenvalue weighted by Gasteiger charge is 2.18. The third kappa shape index (κ3) is 4.71. The van der Waals surface area contributed by atoms with Gasteiger partial charge in [0.05, 0.1) is 6.10 Å². The topological polar surface area (TPSA) is 46.2 Å². The molecule has 0 amide bonds. The summed E-state index contributed by atoms with van der Waals surface area (Å²) in [5.74, 6) is 1.09. The lowest BCUT2D eigenvalue weighted by Crippen LogP contribution is -2.34. The number of hydrogen-bond acceptors (Lipinski definition) is 3. The predicted molar refractivity (Wildman–Crippen MR) is 80.2 cm³/mol. The Hall–Kier alpha value is -0.380. The van der Waals surface area contributed by atoms with Gasteiger partial charge in [-0.15, -0.1) is 11.3 Å². The van der Waals surface area contributed by atoms with Gasteiger partial charge in [-0.3, -0.25) is 0 Å². The van der Waals surface area contributed by atoms with Gasteiger partial charge in [0.15, 0.2) is 0 Å². The van der Waals surface area contributed by atoms with Crippen molar-refractivity contribution < 1.29 is 5.11 Å². The minimum Gasteiger partial charge on any atom is -0.391 e. The summed E-state index contributed by atoms with van der Waals surface area (Å²) in [5, 5.41) is 9.98. The molecule has 104 valence electrons. The number of nitrogens with two attached hydrogens (primary N) is 1. The van der Waals surface area contributed by atoms with Gasteiger partial charge in [-0.25, -0.2) is 0 Å². The molecule has 3 atom stereocenters. The van der Waals surface area contributed by atoms with E-state index in [0.29, 0.717) is 11.8 Å². The summed E-state index contributed by atoms with van der Waals surface area (Å²) in [6.45, 7) is 8.68. The van der Waals surface area contributed by atoms with Crippen LogP contribution in [-0.4, -0.2) is 17.3 Å². The zero-order chi connectivity index (χ0) is 13.7. The summed E-state index contributed by atoms with van der Waals surface area (Å²) < 4.78 is 0. The van der Waals surface area contributed by atoms with Crippen LogP contribution in [-0.2, 0) is 6.42 Å². The first kappa shape index (κ1) is 15.7. The number of aliphatic hydroxyl groups is 1. The number of thiophene rings is 1. The Morgan fingerprint density at radius 3 is 2.50 bits per heavy atom. The van der Waals surface area contributed by atoms with Gasteiger partial charge >= 0.3 is 0 Å². The largest absolute Gasteiger partial charge is 0.391 e. The molecule has 0 radical (unpaired) electrons. The fraction of sp³-hybridized carbons (Fsp3) is 0.733. The highest BCUT2D eigenvalue weighted by atomic mass is 32.1. The molecule has 3 unspecified atom stereocenters. The minimum atomic E-state index is -0.388. The van der Waals surface area contributed by atoms with E-state index in [-0.39, 0.29) is 12.1 Å². The number of rotatable bonds is 7. The molecule has 1 heterocycles. The van der Waals surface area contributed by atoms with Crippen molar-refractivity contribution in [2.45, 2.75) is 65.0 Å². The molecule has 0 bridgehead atoms. The molecule has 0 aliphatic rings. The van der Waals surface area contributed by atoms with Crippen LogP contribution in [0.4, 0.5) is 0 Å². The smallest absolute Gasteiger partial charge is 0.0697 e. The lowest BCUT2D eigenvalue weighted by atomic mass is 9.96. The SMILES string of the molecule is CCC(N)C(O)CC(C)c1ccc(CC(C)C)s1. The molecule has 18 heavy (non-hydrogen) atoms. The van der Waals surface area contributed by atoms with Crippen molar-refractivity contribution in [1.29, 1.82) is 0 Å². The first-order chi connectivity index (χ1) is 8.43. The predicted octanol–water partition coefficient (Wildman–Crippen LogP) is 3.54. The van der Waals surface area contributed by atoms with E-state index in [0.717, 1.165) is 19.3 Å². The van der Waals surface area contributed by atoms with Crippen LogP contribution in [0.2, 0.25) is 0 Å². The van der Waals surface area contributed by atoms with E-state index in [1.165, 1.54) is 9.75 Å². The molecule has 0 saturated carbocycles. The minimum absolute atomic E-state index is 0.0949. The van der Waals surface area contributed by atoms with E-state index in [1.807, 2.05) is 18.3 Å². The summed E-state index contributed by atoms with van der Waals surface area (Å²) in [5.41, 5.74) is 5.87. The highest BCUT2D eigenvalue weighted by molar-refractivity contribution is 7.12. The highest BCUT2D eigenvalue weighted by Crippen LogP contribution is 2.29. The van der Waals surface area contributed by atoms with Crippen molar-refractivity contribution >= 4 is 11.3 Å². The molecular weight excluding hydrogens is 242 g/mol. The van der Waals surface area contributed by atoms with Gasteiger partial charge < -0.3 is 10.8 Å². The lowest BCUT2D eigenvalue weighted by Gasteiger charge is -2.20. The second kappa shape index (κ2) is 7.27. The van der Waals surface area contributed by atoms with Gasteiger partial charge in [-0.2, -0.15) is 0 Å². The van der Waals surface area contributed by atoms with Gasteiger partial charge in [0, 0.05) is 15.8 Å². The summed E-state index contributed by atoms with van der Waals surface area (Å²) in [7, 11) is 0. The molecule has 0 fully saturated rings. The van der Waals surface area contributed by atoms with Gasteiger partial charge in [0.25, 0.3) is 0 Å². The van der Waals surface area contributed by atoms with Crippen LogP contribution < -0.4 is 5.73 Å². The van der Waals surface area contributed by atoms with E-state index < -0.39 is 0 Å². The molecule has 1 rings (SSSR count). The van der Waals surface area contributed by atoms with Gasteiger partial charge in [-0.1, -0.05) is 27.7 Å². The van der Waals surface area contributed by atoms with Crippen molar-refractivity contribution in [3.05, 3.63) is 21.9 Å². The van der Waals surface area contributed by atoms with Crippen LogP contribution in [0.15, 0.2) is 12.1 Å². The van der Waals surface area contributed by atoms with Gasteiger partial charge in [0.2, 0.25) is 0 Å². The molecule has 3 N–H and O–H groups in total. The maximum Gasteiger partial charge on any atom is 0.0697 e. The van der Waals surface area contributed by atoms with Crippen molar-refractivity contribution in [3.63, 3.8) is 0 Å². The summed E-state index contributed by atoms with van der Waals surface area (Å²) >= 11 is 1.88. The second-order valence-electron chi connectivity index (χ2n) is 5.68. The molecule has 3 heteroatoms. The first-order valence-electron chi connectivity index (χ1n) is 6.96. The Labute approximate surface area is 115 Å². The van der Waals surface area contributed by atoms with Crippen LogP contribution in [0.25, 0.3) is 0 Å². The quantitative estimate of drug-likeness (QED) is 0.795. The van der Waals surface area contributed by atoms with Crippen LogP contribution in [0.3, 0.4) is 0 Å². The number of hydrogen-bond donors (Lipinski definition) is 2. The second-order valence-corrected chi connectivity index (χ2v) is 6.88. The van der Waals surface area contributed by atoms with E-state index >= 15 is 0 Å². The molecule has 0 aliphatic carbocycles. The Balaban J connectivity index is 2.56. The van der Waals surface area contributed by atoms with Crippen molar-refractivity contribution in [3.8, 4) is 0 Å². The molecule has 1 aromatic heterocycles. The maximum absolute atomic E-state index is 9.98. The molecule has 0 saturated heterocycles. The van der Waals surface area contributed by atoms with Crippen molar-refractivity contribution in [2.24, 2.45) is 11.7 Å². The zero-order valence-corrected chi connectivity index (χ0v) is 12.8. The van der Waals surface area contributed by atoms with E-state index in [4.69, 9.17) is 5.73 Å². The average Bonchev–Trinajstić information content (AvgIpc) is 2.75. The van der Waals surface area contributed by atoms with Crippen LogP contribution in [0.5, 0.6) is 0 Å². The molecular formula is C15H27NOS. The van der Waals surface area contributed by atoms with Gasteiger partial charge in [0.1, 0.15) is 0 Å². The van der Waals surface area contributed by atoms with Crippen molar-refractivity contribution in [1.82, 2.24) is 0 Å². The Bertz CT molecular complexity index is 348. The normalized spacial score (nSPS) is 16.8. The fourth-order valence-electron chi connectivity index (χ4n) is 2.10. The summed E-state index contributed by atoms with van der Waals surface area (Å²) in [6, 6.07) is 4.34. The Morgan fingerprint density at radius 1 is 1.28 bits per heavy atom. The molecule has 0 aliphatic heterocycles. The third-order valence-corrected chi connectivity index (χ3v) is 4.68. The van der Waals surface area contributed by atoms with E-state index in [1.54, 1.807) is 0 Å². The lowest BCUT2D eigenvalue weighted by molar-refractivity contribution is 0.127. The Morgan fingerprint density at radius 2 is 1.94 bits per heavy atom. The van der Waals surface area contributed by atoms with Crippen LogP contribution in [0, 0.1) is 5.92 Å². The van der Waals surface area contributed by atoms with Crippen LogP contribution >= 0.6 is 11.3 Å². The monoisotopic (exact) mass is 269 g/mol. The fourth-order valence-corrected chi connectivity index (χ4v) is 3.39. The van der Waals surface area contributed by atoms with E-state index in [9.17, 15) is 5.11 Å². The van der Waals surface area contributed by atoms with Crippen LogP contribution in [0.1, 0.15) is 56.2 Å². The molecule has 0 spiro atoms. The average molecular weight is 269 g/mol. The maximum atomic E-state index is 9.98. The zero-order valence-electron chi connectivity index (χ0n) is 12.0. The summed E-state index contributed by atoms with van der Waals surface area (Å²) in [4.78, 5) is 2.81. The molecule has 0 aromatic carbocycles. The first-order valence-corrected chi connectivity index (χ1v) is 7.77. The molecule has 1 aromatic rings. The standard InChI is InChI=1S/C15H27NOS/c1-5-13(16)14(17)9-11(4)15-7-6-12(18-15)8-10(2)3/h6-7,10-11,13-14,17H,5,8-9,16H2,1-4H3. The van der Waals surface area contributed by atoms with E-state index in [2.05, 4.69) is 32.9 Å².